The van der Waals surface area contributed by atoms with Crippen molar-refractivity contribution in [1.82, 2.24) is 15.5 Å². The molecule has 1 atom stereocenters. The van der Waals surface area contributed by atoms with Gasteiger partial charge in [-0.15, -0.1) is 12.4 Å². The number of hydrogen-bond donors (Lipinski definition) is 1. The van der Waals surface area contributed by atoms with E-state index in [9.17, 15) is 0 Å². The lowest BCUT2D eigenvalue weighted by Crippen LogP contribution is -2.49. The highest BCUT2D eigenvalue weighted by atomic mass is 35.5. The van der Waals surface area contributed by atoms with Gasteiger partial charge in [0.1, 0.15) is 0 Å². The van der Waals surface area contributed by atoms with Crippen molar-refractivity contribution in [3.63, 3.8) is 0 Å². The van der Waals surface area contributed by atoms with E-state index in [4.69, 9.17) is 9.51 Å². The fraction of sp³-hybridized carbons (Fsp3) is 0.882. The first-order valence-corrected chi connectivity index (χ1v) is 10.1. The third kappa shape index (κ3) is 2.93. The smallest absolute Gasteiger partial charge is 0.228 e. The van der Waals surface area contributed by atoms with Crippen LogP contribution in [0.3, 0.4) is 0 Å². The second-order valence-electron chi connectivity index (χ2n) is 8.14. The van der Waals surface area contributed by atoms with Crippen LogP contribution in [0.25, 0.3) is 0 Å². The molecule has 0 aromatic carbocycles. The van der Waals surface area contributed by atoms with Crippen molar-refractivity contribution < 1.29 is 4.52 Å². The molecule has 23 heavy (non-hydrogen) atoms. The van der Waals surface area contributed by atoms with Gasteiger partial charge in [-0.1, -0.05) is 5.16 Å². The van der Waals surface area contributed by atoms with Gasteiger partial charge in [0.2, 0.25) is 5.89 Å². The highest BCUT2D eigenvalue weighted by molar-refractivity contribution is 7.99. The molecular weight excluding hydrogens is 330 g/mol. The highest BCUT2D eigenvalue weighted by Gasteiger charge is 2.53. The molecule has 128 valence electrons. The summed E-state index contributed by atoms with van der Waals surface area (Å²) in [5.74, 6) is 7.09. The molecule has 1 saturated heterocycles. The van der Waals surface area contributed by atoms with Gasteiger partial charge >= 0.3 is 0 Å². The number of halogens is 1. The van der Waals surface area contributed by atoms with Crippen molar-refractivity contribution in [3.05, 3.63) is 11.7 Å². The van der Waals surface area contributed by atoms with E-state index in [0.29, 0.717) is 6.04 Å². The number of aromatic nitrogens is 2. The second-order valence-corrected chi connectivity index (χ2v) is 9.29. The van der Waals surface area contributed by atoms with E-state index in [2.05, 4.69) is 10.5 Å². The number of nitrogens with zero attached hydrogens (tertiary/aromatic N) is 2. The molecule has 5 aliphatic rings. The topological polar surface area (TPSA) is 51.0 Å². The van der Waals surface area contributed by atoms with E-state index in [1.54, 1.807) is 0 Å². The Morgan fingerprint density at radius 3 is 2.43 bits per heavy atom. The standard InChI is InChI=1S/C17H25N3OS.ClH/c1-2-22-10-14(18-1)6-15-19-16(20-21-15)17-7-11-3-12(8-17)5-13(4-11)9-17;/h11-14,18H,1-10H2;1H. The normalized spacial score (nSPS) is 41.7. The van der Waals surface area contributed by atoms with Gasteiger partial charge in [-0.2, -0.15) is 16.7 Å². The maximum atomic E-state index is 5.65. The molecule has 1 aromatic rings. The zero-order valence-electron chi connectivity index (χ0n) is 13.5. The first kappa shape index (κ1) is 16.2. The van der Waals surface area contributed by atoms with Gasteiger partial charge in [0, 0.05) is 35.9 Å². The van der Waals surface area contributed by atoms with E-state index in [-0.39, 0.29) is 17.8 Å². The van der Waals surface area contributed by atoms with Crippen molar-refractivity contribution in [2.45, 2.75) is 56.4 Å². The van der Waals surface area contributed by atoms with Crippen LogP contribution in [-0.4, -0.2) is 34.2 Å². The molecule has 4 aliphatic carbocycles. The quantitative estimate of drug-likeness (QED) is 0.902. The predicted molar refractivity (Wildman–Crippen MR) is 94.2 cm³/mol. The largest absolute Gasteiger partial charge is 0.339 e. The molecule has 5 fully saturated rings. The SMILES string of the molecule is C1CSCC(Cc2nc(C34CC5CC(CC(C5)C3)C4)no2)N1.Cl. The van der Waals surface area contributed by atoms with Gasteiger partial charge in [-0.3, -0.25) is 0 Å². The molecule has 0 radical (unpaired) electrons. The summed E-state index contributed by atoms with van der Waals surface area (Å²) >= 11 is 2.02. The van der Waals surface area contributed by atoms with Crippen molar-refractivity contribution in [2.24, 2.45) is 17.8 Å². The van der Waals surface area contributed by atoms with Gasteiger partial charge in [0.15, 0.2) is 5.82 Å². The zero-order chi connectivity index (χ0) is 14.6. The van der Waals surface area contributed by atoms with Crippen LogP contribution in [-0.2, 0) is 11.8 Å². The summed E-state index contributed by atoms with van der Waals surface area (Å²) in [7, 11) is 0. The minimum Gasteiger partial charge on any atom is -0.339 e. The van der Waals surface area contributed by atoms with Gasteiger partial charge < -0.3 is 9.84 Å². The fourth-order valence-corrected chi connectivity index (χ4v) is 6.85. The van der Waals surface area contributed by atoms with Crippen molar-refractivity contribution in [3.8, 4) is 0 Å². The second kappa shape index (κ2) is 6.23. The Kier molecular flexibility index (Phi) is 4.39. The molecule has 4 saturated carbocycles. The van der Waals surface area contributed by atoms with Crippen LogP contribution in [0, 0.1) is 17.8 Å². The summed E-state index contributed by atoms with van der Waals surface area (Å²) in [5, 5.41) is 8.01. The Labute approximate surface area is 148 Å². The van der Waals surface area contributed by atoms with E-state index < -0.39 is 0 Å². The van der Waals surface area contributed by atoms with Gasteiger partial charge in [0.05, 0.1) is 0 Å². The fourth-order valence-electron chi connectivity index (χ4n) is 5.90. The van der Waals surface area contributed by atoms with Crippen LogP contribution in [0.1, 0.15) is 50.2 Å². The molecule has 4 nitrogen and oxygen atoms in total. The Morgan fingerprint density at radius 2 is 1.83 bits per heavy atom. The molecule has 1 aromatic heterocycles. The van der Waals surface area contributed by atoms with Gasteiger partial charge in [-0.25, -0.2) is 0 Å². The minimum absolute atomic E-state index is 0. The Balaban J connectivity index is 0.00000135. The summed E-state index contributed by atoms with van der Waals surface area (Å²) in [6, 6.07) is 0.503. The van der Waals surface area contributed by atoms with Crippen LogP contribution >= 0.6 is 24.2 Å². The van der Waals surface area contributed by atoms with E-state index in [0.717, 1.165) is 48.2 Å². The lowest BCUT2D eigenvalue weighted by molar-refractivity contribution is -0.0103. The Morgan fingerprint density at radius 1 is 1.13 bits per heavy atom. The Hall–Kier alpha value is -0.260. The molecule has 2 heterocycles. The summed E-state index contributed by atoms with van der Waals surface area (Å²) < 4.78 is 5.65. The summed E-state index contributed by atoms with van der Waals surface area (Å²) in [6.07, 6.45) is 9.24. The van der Waals surface area contributed by atoms with Crippen LogP contribution in [0.4, 0.5) is 0 Å². The van der Waals surface area contributed by atoms with Crippen LogP contribution < -0.4 is 5.32 Å². The number of nitrogens with one attached hydrogen (secondary N) is 1. The van der Waals surface area contributed by atoms with Gasteiger partial charge in [-0.05, 0) is 56.3 Å². The Bertz CT molecular complexity index is 523. The van der Waals surface area contributed by atoms with Crippen LogP contribution in [0.5, 0.6) is 0 Å². The zero-order valence-corrected chi connectivity index (χ0v) is 15.1. The van der Waals surface area contributed by atoms with Crippen molar-refractivity contribution in [2.75, 3.05) is 18.1 Å². The lowest BCUT2D eigenvalue weighted by atomic mass is 9.49. The molecule has 6 rings (SSSR count). The average molecular weight is 356 g/mol. The minimum atomic E-state index is 0. The summed E-state index contributed by atoms with van der Waals surface area (Å²) in [5.41, 5.74) is 0.269. The van der Waals surface area contributed by atoms with E-state index >= 15 is 0 Å². The lowest BCUT2D eigenvalue weighted by Gasteiger charge is -2.55. The summed E-state index contributed by atoms with van der Waals surface area (Å²) in [4.78, 5) is 4.87. The molecule has 1 aliphatic heterocycles. The molecule has 6 heteroatoms. The highest BCUT2D eigenvalue weighted by Crippen LogP contribution is 2.60. The first-order valence-electron chi connectivity index (χ1n) is 8.93. The monoisotopic (exact) mass is 355 g/mol. The van der Waals surface area contributed by atoms with E-state index in [1.807, 2.05) is 11.8 Å². The van der Waals surface area contributed by atoms with E-state index in [1.165, 1.54) is 44.3 Å². The average Bonchev–Trinajstić information content (AvgIpc) is 2.96. The molecule has 1 unspecified atom stereocenters. The maximum Gasteiger partial charge on any atom is 0.228 e. The maximum absolute atomic E-state index is 5.65. The molecular formula is C17H26ClN3OS. The number of rotatable bonds is 3. The third-order valence-corrected chi connectivity index (χ3v) is 7.53. The van der Waals surface area contributed by atoms with Crippen LogP contribution in [0.15, 0.2) is 4.52 Å². The summed E-state index contributed by atoms with van der Waals surface area (Å²) in [6.45, 7) is 1.10. The third-order valence-electron chi connectivity index (χ3n) is 6.40. The molecule has 4 bridgehead atoms. The van der Waals surface area contributed by atoms with Crippen molar-refractivity contribution >= 4 is 24.2 Å². The first-order chi connectivity index (χ1) is 10.8. The van der Waals surface area contributed by atoms with Crippen molar-refractivity contribution in [1.29, 1.82) is 0 Å². The molecule has 0 amide bonds. The molecule has 0 spiro atoms. The molecule has 1 N–H and O–H groups in total. The number of thioether (sulfide) groups is 1. The number of hydrogen-bond acceptors (Lipinski definition) is 5. The van der Waals surface area contributed by atoms with Crippen LogP contribution in [0.2, 0.25) is 0 Å². The predicted octanol–water partition coefficient (Wildman–Crippen LogP) is 3.21. The van der Waals surface area contributed by atoms with Gasteiger partial charge in [0.25, 0.3) is 0 Å².